The summed E-state index contributed by atoms with van der Waals surface area (Å²) in [5, 5.41) is 4.48. The zero-order valence-corrected chi connectivity index (χ0v) is 13.5. The molecule has 1 aromatic carbocycles. The molecule has 1 aromatic heterocycles. The minimum Gasteiger partial charge on any atom is -0.352 e. The normalized spacial score (nSPS) is 11.1. The van der Waals surface area contributed by atoms with Crippen LogP contribution in [0, 0.1) is 0 Å². The molecule has 0 spiro atoms. The molecule has 0 saturated carbocycles. The van der Waals surface area contributed by atoms with Crippen molar-refractivity contribution < 1.29 is 13.2 Å². The van der Waals surface area contributed by atoms with Crippen LogP contribution in [0.15, 0.2) is 40.6 Å². The fraction of sp³-hybridized carbons (Fsp3) is 0.154. The highest BCUT2D eigenvalue weighted by Crippen LogP contribution is 2.23. The third-order valence-electron chi connectivity index (χ3n) is 2.52. The monoisotopic (exact) mass is 344 g/mol. The Morgan fingerprint density at radius 1 is 1.33 bits per heavy atom. The molecule has 2 N–H and O–H groups in total. The molecular weight excluding hydrogens is 332 g/mol. The highest BCUT2D eigenvalue weighted by atomic mass is 35.5. The number of thiophene rings is 1. The smallest absolute Gasteiger partial charge is 0.262 e. The second-order valence-electron chi connectivity index (χ2n) is 4.12. The van der Waals surface area contributed by atoms with Gasteiger partial charge >= 0.3 is 0 Å². The Morgan fingerprint density at radius 2 is 2.10 bits per heavy atom. The number of anilines is 1. The molecule has 0 aliphatic carbocycles. The van der Waals surface area contributed by atoms with Gasteiger partial charge in [-0.1, -0.05) is 17.7 Å². The molecule has 0 fully saturated rings. The summed E-state index contributed by atoms with van der Waals surface area (Å²) in [6, 6.07) is 7.75. The van der Waals surface area contributed by atoms with E-state index in [1.54, 1.807) is 25.1 Å². The van der Waals surface area contributed by atoms with E-state index in [-0.39, 0.29) is 10.8 Å². The SMILES string of the molecule is CCNC(=O)c1cc(S(=O)(=O)Nc2cccc(Cl)c2)cs1. The number of carbonyl (C=O) groups is 1. The maximum absolute atomic E-state index is 12.2. The van der Waals surface area contributed by atoms with E-state index in [0.717, 1.165) is 11.3 Å². The Morgan fingerprint density at radius 3 is 2.76 bits per heavy atom. The largest absolute Gasteiger partial charge is 0.352 e. The quantitative estimate of drug-likeness (QED) is 0.875. The van der Waals surface area contributed by atoms with Gasteiger partial charge in [0.1, 0.15) is 0 Å². The van der Waals surface area contributed by atoms with Crippen molar-refractivity contribution in [1.82, 2.24) is 5.32 Å². The van der Waals surface area contributed by atoms with Gasteiger partial charge < -0.3 is 5.32 Å². The van der Waals surface area contributed by atoms with Crippen LogP contribution >= 0.6 is 22.9 Å². The molecule has 21 heavy (non-hydrogen) atoms. The van der Waals surface area contributed by atoms with Crippen LogP contribution in [-0.2, 0) is 10.0 Å². The molecule has 0 bridgehead atoms. The van der Waals surface area contributed by atoms with Gasteiger partial charge in [0.2, 0.25) is 0 Å². The third-order valence-corrected chi connectivity index (χ3v) is 5.20. The maximum Gasteiger partial charge on any atom is 0.262 e. The van der Waals surface area contributed by atoms with Gasteiger partial charge in [0.05, 0.1) is 15.5 Å². The van der Waals surface area contributed by atoms with Gasteiger partial charge in [0.15, 0.2) is 0 Å². The van der Waals surface area contributed by atoms with Crippen LogP contribution < -0.4 is 10.0 Å². The molecule has 5 nitrogen and oxygen atoms in total. The number of nitrogens with one attached hydrogen (secondary N) is 2. The first-order chi connectivity index (χ1) is 9.92. The molecule has 0 saturated heterocycles. The van der Waals surface area contributed by atoms with E-state index < -0.39 is 10.0 Å². The lowest BCUT2D eigenvalue weighted by Crippen LogP contribution is -2.21. The Kier molecular flexibility index (Phi) is 4.87. The third kappa shape index (κ3) is 3.96. The van der Waals surface area contributed by atoms with E-state index in [4.69, 9.17) is 11.6 Å². The van der Waals surface area contributed by atoms with Gasteiger partial charge in [-0.05, 0) is 31.2 Å². The van der Waals surface area contributed by atoms with E-state index in [0.29, 0.717) is 22.1 Å². The summed E-state index contributed by atoms with van der Waals surface area (Å²) in [5.74, 6) is -0.285. The number of rotatable bonds is 5. The fourth-order valence-electron chi connectivity index (χ4n) is 1.59. The molecular formula is C13H13ClN2O3S2. The Labute approximate surface area is 132 Å². The number of carbonyl (C=O) groups excluding carboxylic acids is 1. The van der Waals surface area contributed by atoms with Crippen molar-refractivity contribution in [2.24, 2.45) is 0 Å². The number of sulfonamides is 1. The molecule has 0 atom stereocenters. The van der Waals surface area contributed by atoms with Gasteiger partial charge in [-0.25, -0.2) is 8.42 Å². The van der Waals surface area contributed by atoms with E-state index in [9.17, 15) is 13.2 Å². The molecule has 0 radical (unpaired) electrons. The van der Waals surface area contributed by atoms with Crippen LogP contribution in [0.5, 0.6) is 0 Å². The van der Waals surface area contributed by atoms with Crippen molar-refractivity contribution in [3.05, 3.63) is 45.6 Å². The fourth-order valence-corrected chi connectivity index (χ4v) is 4.02. The minimum atomic E-state index is -3.74. The van der Waals surface area contributed by atoms with Crippen molar-refractivity contribution in [2.75, 3.05) is 11.3 Å². The summed E-state index contributed by atoms with van der Waals surface area (Å²) < 4.78 is 26.9. The molecule has 0 aliphatic heterocycles. The number of hydrogen-bond acceptors (Lipinski definition) is 4. The summed E-state index contributed by atoms with van der Waals surface area (Å²) in [6.07, 6.45) is 0. The van der Waals surface area contributed by atoms with E-state index in [1.165, 1.54) is 17.5 Å². The average molecular weight is 345 g/mol. The van der Waals surface area contributed by atoms with Crippen molar-refractivity contribution in [2.45, 2.75) is 11.8 Å². The van der Waals surface area contributed by atoms with Gasteiger partial charge in [0, 0.05) is 16.9 Å². The first kappa shape index (κ1) is 15.8. The summed E-state index contributed by atoms with van der Waals surface area (Å²) in [5.41, 5.74) is 0.369. The average Bonchev–Trinajstić information content (AvgIpc) is 2.89. The zero-order valence-electron chi connectivity index (χ0n) is 11.1. The standard InChI is InChI=1S/C13H13ClN2O3S2/c1-2-15-13(17)12-7-11(8-20-12)21(18,19)16-10-5-3-4-9(14)6-10/h3-8,16H,2H2,1H3,(H,15,17). The predicted octanol–water partition coefficient (Wildman–Crippen LogP) is 2.95. The van der Waals surface area contributed by atoms with E-state index in [2.05, 4.69) is 10.0 Å². The predicted molar refractivity (Wildman–Crippen MR) is 84.6 cm³/mol. The minimum absolute atomic E-state index is 0.0497. The van der Waals surface area contributed by atoms with Crippen molar-refractivity contribution in [1.29, 1.82) is 0 Å². The Bertz CT molecular complexity index is 756. The van der Waals surface area contributed by atoms with Gasteiger partial charge in [0.25, 0.3) is 15.9 Å². The van der Waals surface area contributed by atoms with Crippen LogP contribution in [-0.4, -0.2) is 20.9 Å². The molecule has 0 aliphatic rings. The van der Waals surface area contributed by atoms with Crippen LogP contribution in [0.25, 0.3) is 0 Å². The molecule has 112 valence electrons. The highest BCUT2D eigenvalue weighted by molar-refractivity contribution is 7.92. The summed E-state index contributed by atoms with van der Waals surface area (Å²) in [6.45, 7) is 2.28. The zero-order chi connectivity index (χ0) is 15.5. The van der Waals surface area contributed by atoms with Crippen molar-refractivity contribution in [3.8, 4) is 0 Å². The maximum atomic E-state index is 12.2. The number of benzene rings is 1. The number of hydrogen-bond donors (Lipinski definition) is 2. The van der Waals surface area contributed by atoms with Gasteiger partial charge in [-0.2, -0.15) is 0 Å². The summed E-state index contributed by atoms with van der Waals surface area (Å²) >= 11 is 6.90. The van der Waals surface area contributed by atoms with Crippen LogP contribution in [0.3, 0.4) is 0 Å². The summed E-state index contributed by atoms with van der Waals surface area (Å²) in [4.78, 5) is 12.1. The molecule has 0 unspecified atom stereocenters. The second kappa shape index (κ2) is 6.46. The molecule has 1 amide bonds. The lowest BCUT2D eigenvalue weighted by atomic mass is 10.3. The first-order valence-corrected chi connectivity index (χ1v) is 8.81. The van der Waals surface area contributed by atoms with Crippen LogP contribution in [0.2, 0.25) is 5.02 Å². The Hall–Kier alpha value is -1.57. The van der Waals surface area contributed by atoms with E-state index >= 15 is 0 Å². The summed E-state index contributed by atoms with van der Waals surface area (Å²) in [7, 11) is -3.74. The van der Waals surface area contributed by atoms with Gasteiger partial charge in [-0.3, -0.25) is 9.52 Å². The molecule has 8 heteroatoms. The second-order valence-corrected chi connectivity index (χ2v) is 7.15. The van der Waals surface area contributed by atoms with Crippen LogP contribution in [0.4, 0.5) is 5.69 Å². The molecule has 1 heterocycles. The Balaban J connectivity index is 2.22. The van der Waals surface area contributed by atoms with Crippen molar-refractivity contribution in [3.63, 3.8) is 0 Å². The topological polar surface area (TPSA) is 75.3 Å². The lowest BCUT2D eigenvalue weighted by Gasteiger charge is -2.06. The van der Waals surface area contributed by atoms with Crippen LogP contribution in [0.1, 0.15) is 16.6 Å². The highest BCUT2D eigenvalue weighted by Gasteiger charge is 2.18. The lowest BCUT2D eigenvalue weighted by molar-refractivity contribution is 0.0959. The number of halogens is 1. The van der Waals surface area contributed by atoms with Gasteiger partial charge in [-0.15, -0.1) is 11.3 Å². The molecule has 2 aromatic rings. The molecule has 2 rings (SSSR count). The van der Waals surface area contributed by atoms with E-state index in [1.807, 2.05) is 0 Å². The van der Waals surface area contributed by atoms with Crippen molar-refractivity contribution >= 4 is 44.6 Å². The number of amides is 1. The first-order valence-electron chi connectivity index (χ1n) is 6.07.